The van der Waals surface area contributed by atoms with Crippen molar-refractivity contribution in [3.05, 3.63) is 241 Å². The van der Waals surface area contributed by atoms with Crippen LogP contribution in [0.1, 0.15) is 27.7 Å². The highest BCUT2D eigenvalue weighted by Gasteiger charge is 2.50. The predicted octanol–water partition coefficient (Wildman–Crippen LogP) is 16.1. The standard InChI is InChI=1S/C59H36N2S/c1-2-17-38(18-3-1)61-52-27-10-6-21-44(52)47-35-39(32-34-53(47)61)60(54-28-14-30-56-58(54)46-22-7-11-29-55(46)62-56)40-31-33-43-45-23-12-15-37-16-13-26-50(57(37)45)59(51(43)36-40)48-24-8-4-19-41(48)42-20-5-9-25-49(42)59/h1-36H/i4D,8D,19D,24D. The van der Waals surface area contributed by atoms with Crippen molar-refractivity contribution in [2.75, 3.05) is 4.90 Å². The molecule has 0 fully saturated rings. The molecule has 2 heterocycles. The molecule has 0 aliphatic heterocycles. The molecule has 3 heteroatoms. The van der Waals surface area contributed by atoms with Crippen molar-refractivity contribution in [1.82, 2.24) is 4.57 Å². The van der Waals surface area contributed by atoms with Crippen LogP contribution in [0, 0.1) is 0 Å². The molecule has 2 aliphatic rings. The van der Waals surface area contributed by atoms with Crippen molar-refractivity contribution in [1.29, 1.82) is 0 Å². The lowest BCUT2D eigenvalue weighted by atomic mass is 9.61. The summed E-state index contributed by atoms with van der Waals surface area (Å²) >= 11 is 1.80. The van der Waals surface area contributed by atoms with Crippen LogP contribution in [-0.4, -0.2) is 4.57 Å². The number of fused-ring (bicyclic) bond motifs is 15. The van der Waals surface area contributed by atoms with Crippen molar-refractivity contribution in [2.24, 2.45) is 0 Å². The topological polar surface area (TPSA) is 8.17 Å². The number of hydrogen-bond donors (Lipinski definition) is 0. The van der Waals surface area contributed by atoms with E-state index in [2.05, 4.69) is 185 Å². The minimum Gasteiger partial charge on any atom is -0.310 e. The summed E-state index contributed by atoms with van der Waals surface area (Å²) in [6, 6.07) is 68.8. The minimum absolute atomic E-state index is 0.0124. The molecule has 14 rings (SSSR count). The number of thiophene rings is 1. The average Bonchev–Trinajstić information content (AvgIpc) is 4.02. The molecule has 0 saturated carbocycles. The van der Waals surface area contributed by atoms with Crippen LogP contribution in [0.2, 0.25) is 0 Å². The molecular formula is C59H36N2S. The molecule has 62 heavy (non-hydrogen) atoms. The van der Waals surface area contributed by atoms with Gasteiger partial charge in [-0.1, -0.05) is 152 Å². The zero-order valence-corrected chi connectivity index (χ0v) is 34.1. The maximum Gasteiger partial charge on any atom is 0.0726 e. The van der Waals surface area contributed by atoms with E-state index in [0.717, 1.165) is 83.3 Å². The van der Waals surface area contributed by atoms with E-state index in [-0.39, 0.29) is 24.2 Å². The Kier molecular flexibility index (Phi) is 6.19. The summed E-state index contributed by atoms with van der Waals surface area (Å²) in [5, 5.41) is 6.87. The maximum absolute atomic E-state index is 9.83. The average molecular weight is 809 g/mol. The Hall–Kier alpha value is -7.72. The summed E-state index contributed by atoms with van der Waals surface area (Å²) in [7, 11) is 0. The summed E-state index contributed by atoms with van der Waals surface area (Å²) in [6.45, 7) is 0. The molecule has 288 valence electrons. The number of anilines is 3. The van der Waals surface area contributed by atoms with Crippen LogP contribution >= 0.6 is 11.3 Å². The molecule has 0 N–H and O–H groups in total. The lowest BCUT2D eigenvalue weighted by molar-refractivity contribution is 0.773. The molecule has 0 bridgehead atoms. The number of benzene rings is 10. The fourth-order valence-electron chi connectivity index (χ4n) is 11.1. The lowest BCUT2D eigenvalue weighted by Gasteiger charge is -2.41. The first kappa shape index (κ1) is 30.3. The predicted molar refractivity (Wildman–Crippen MR) is 262 cm³/mol. The van der Waals surface area contributed by atoms with Gasteiger partial charge in [-0.2, -0.15) is 0 Å². The van der Waals surface area contributed by atoms with Gasteiger partial charge < -0.3 is 9.47 Å². The second-order valence-electron chi connectivity index (χ2n) is 16.5. The van der Waals surface area contributed by atoms with Crippen LogP contribution in [0.15, 0.2) is 218 Å². The summed E-state index contributed by atoms with van der Waals surface area (Å²) in [5.41, 5.74) is 12.4. The van der Waals surface area contributed by atoms with Crippen molar-refractivity contribution in [3.63, 3.8) is 0 Å². The van der Waals surface area contributed by atoms with E-state index >= 15 is 0 Å². The summed E-state index contributed by atoms with van der Waals surface area (Å²) in [6.07, 6.45) is 0. The van der Waals surface area contributed by atoms with Crippen LogP contribution in [0.5, 0.6) is 0 Å². The molecule has 1 unspecified atom stereocenters. The van der Waals surface area contributed by atoms with Crippen molar-refractivity contribution in [3.8, 4) is 27.9 Å². The van der Waals surface area contributed by atoms with Crippen LogP contribution in [0.3, 0.4) is 0 Å². The van der Waals surface area contributed by atoms with Crippen molar-refractivity contribution in [2.45, 2.75) is 5.41 Å². The van der Waals surface area contributed by atoms with Gasteiger partial charge in [-0.05, 0) is 122 Å². The largest absolute Gasteiger partial charge is 0.310 e. The highest BCUT2D eigenvalue weighted by atomic mass is 32.1. The fourth-order valence-corrected chi connectivity index (χ4v) is 12.2. The van der Waals surface area contributed by atoms with Gasteiger partial charge in [0.1, 0.15) is 0 Å². The SMILES string of the molecule is [2H]c1c([2H])c([2H])c2c(c1[2H])-c1ccccc1C21c2cc(N(c3ccc4c(c3)c3ccccc3n4-c3ccccc3)c3cccc4sc5ccccc5c34)ccc2-c2cccc3cccc1c23. The van der Waals surface area contributed by atoms with Crippen LogP contribution in [-0.2, 0) is 5.41 Å². The number of hydrogen-bond acceptors (Lipinski definition) is 2. The molecule has 10 aromatic carbocycles. The van der Waals surface area contributed by atoms with E-state index in [0.29, 0.717) is 11.1 Å². The maximum atomic E-state index is 9.83. The monoisotopic (exact) mass is 808 g/mol. The molecule has 0 amide bonds. The van der Waals surface area contributed by atoms with Crippen LogP contribution in [0.4, 0.5) is 17.1 Å². The van der Waals surface area contributed by atoms with Gasteiger partial charge in [0, 0.05) is 48.0 Å². The second-order valence-corrected chi connectivity index (χ2v) is 17.5. The quantitative estimate of drug-likeness (QED) is 0.172. The molecule has 1 spiro atoms. The van der Waals surface area contributed by atoms with Gasteiger partial charge in [-0.25, -0.2) is 0 Å². The molecule has 2 aromatic heterocycles. The molecule has 12 aromatic rings. The van der Waals surface area contributed by atoms with Gasteiger partial charge in [0.25, 0.3) is 0 Å². The molecular weight excluding hydrogens is 769 g/mol. The number of aromatic nitrogens is 1. The Morgan fingerprint density at radius 3 is 2.05 bits per heavy atom. The van der Waals surface area contributed by atoms with E-state index in [9.17, 15) is 4.11 Å². The summed E-state index contributed by atoms with van der Waals surface area (Å²) < 4.78 is 42.2. The van der Waals surface area contributed by atoms with Crippen LogP contribution in [0.25, 0.3) is 80.7 Å². The molecule has 1 atom stereocenters. The third-order valence-electron chi connectivity index (χ3n) is 13.5. The Balaban J connectivity index is 1.12. The zero-order valence-electron chi connectivity index (χ0n) is 37.3. The summed E-state index contributed by atoms with van der Waals surface area (Å²) in [5.74, 6) is 0. The number of nitrogens with zero attached hydrogens (tertiary/aromatic N) is 2. The third kappa shape index (κ3) is 4.42. The summed E-state index contributed by atoms with van der Waals surface area (Å²) in [4.78, 5) is 2.41. The van der Waals surface area contributed by atoms with Gasteiger partial charge in [-0.15, -0.1) is 11.3 Å². The second kappa shape index (κ2) is 12.7. The molecule has 2 nitrogen and oxygen atoms in total. The van der Waals surface area contributed by atoms with Gasteiger partial charge in [0.15, 0.2) is 0 Å². The highest BCUT2D eigenvalue weighted by Crippen LogP contribution is 2.62. The van der Waals surface area contributed by atoms with Crippen molar-refractivity contribution >= 4 is 81.1 Å². The number of rotatable bonds is 4. The molecule has 0 radical (unpaired) electrons. The van der Waals surface area contributed by atoms with Crippen molar-refractivity contribution < 1.29 is 5.48 Å². The van der Waals surface area contributed by atoms with E-state index in [1.807, 2.05) is 18.2 Å². The van der Waals surface area contributed by atoms with Gasteiger partial charge >= 0.3 is 0 Å². The Morgan fingerprint density at radius 2 is 1.11 bits per heavy atom. The Bertz CT molecular complexity index is 4070. The molecule has 0 saturated heterocycles. The van der Waals surface area contributed by atoms with Gasteiger partial charge in [0.2, 0.25) is 0 Å². The normalized spacial score (nSPS) is 15.7. The lowest BCUT2D eigenvalue weighted by Crippen LogP contribution is -2.32. The van der Waals surface area contributed by atoms with Gasteiger partial charge in [0.05, 0.1) is 27.6 Å². The van der Waals surface area contributed by atoms with E-state index in [4.69, 9.17) is 1.37 Å². The minimum atomic E-state index is -1.07. The Labute approximate surface area is 368 Å². The van der Waals surface area contributed by atoms with Crippen LogP contribution < -0.4 is 4.90 Å². The smallest absolute Gasteiger partial charge is 0.0726 e. The molecule has 2 aliphatic carbocycles. The van der Waals surface area contributed by atoms with E-state index < -0.39 is 5.41 Å². The first-order valence-corrected chi connectivity index (χ1v) is 21.9. The van der Waals surface area contributed by atoms with E-state index in [1.54, 1.807) is 11.3 Å². The fraction of sp³-hybridized carbons (Fsp3) is 0.0169. The first-order chi connectivity index (χ1) is 32.4. The first-order valence-electron chi connectivity index (χ1n) is 23.1. The zero-order chi connectivity index (χ0) is 44.0. The van der Waals surface area contributed by atoms with Gasteiger partial charge in [-0.3, -0.25) is 0 Å². The third-order valence-corrected chi connectivity index (χ3v) is 14.6. The van der Waals surface area contributed by atoms with E-state index in [1.165, 1.54) is 25.6 Å². The Morgan fingerprint density at radius 1 is 0.435 bits per heavy atom. The highest BCUT2D eigenvalue weighted by molar-refractivity contribution is 7.26. The number of para-hydroxylation sites is 2.